The number of amides is 2. The number of hydrogen-bond donors (Lipinski definition) is 6. The summed E-state index contributed by atoms with van der Waals surface area (Å²) in [5.74, 6) is 2.66. The summed E-state index contributed by atoms with van der Waals surface area (Å²) in [6, 6.07) is 9.34. The Bertz CT molecular complexity index is 2310. The zero-order valence-electron chi connectivity index (χ0n) is 38.6. The second-order valence-corrected chi connectivity index (χ2v) is 25.4. The number of thiophene rings is 2. The molecule has 2 saturated carbocycles. The molecule has 6 N–H and O–H groups in total. The van der Waals surface area contributed by atoms with Crippen LogP contribution in [0.1, 0.15) is 110 Å². The van der Waals surface area contributed by atoms with Gasteiger partial charge in [0.15, 0.2) is 0 Å². The van der Waals surface area contributed by atoms with Crippen molar-refractivity contribution in [3.05, 3.63) is 115 Å². The molecule has 0 radical (unpaired) electrons. The molecule has 0 spiro atoms. The average Bonchev–Trinajstić information content (AvgIpc) is 3.95. The van der Waals surface area contributed by atoms with Crippen LogP contribution in [0, 0.1) is 47.1 Å². The summed E-state index contributed by atoms with van der Waals surface area (Å²) in [6.45, 7) is 9.88. The van der Waals surface area contributed by atoms with Crippen molar-refractivity contribution in [3.63, 3.8) is 0 Å². The molecule has 0 saturated heterocycles. The second kappa shape index (κ2) is 24.1. The lowest BCUT2D eigenvalue weighted by Crippen LogP contribution is -2.52. The van der Waals surface area contributed by atoms with Gasteiger partial charge in [-0.3, -0.25) is 9.59 Å². The highest BCUT2D eigenvalue weighted by molar-refractivity contribution is 7.10. The van der Waals surface area contributed by atoms with E-state index in [1.54, 1.807) is 22.7 Å². The highest BCUT2D eigenvalue weighted by Gasteiger charge is 2.38. The van der Waals surface area contributed by atoms with Gasteiger partial charge < -0.3 is 31.5 Å². The molecule has 2 heterocycles. The summed E-state index contributed by atoms with van der Waals surface area (Å²) in [7, 11) is -1.47. The number of halogens is 4. The number of terminal acetylenes is 1. The number of hydrogen-bond acceptors (Lipinski definition) is 8. The van der Waals surface area contributed by atoms with E-state index >= 15 is 0 Å². The highest BCUT2D eigenvalue weighted by Crippen LogP contribution is 2.41. The molecular weight excluding hydrogens is 901 g/mol. The van der Waals surface area contributed by atoms with Gasteiger partial charge in [0.1, 0.15) is 31.3 Å². The maximum Gasteiger partial charge on any atom is 0.217 e. The van der Waals surface area contributed by atoms with Gasteiger partial charge in [-0.25, -0.2) is 17.6 Å². The van der Waals surface area contributed by atoms with E-state index in [1.807, 2.05) is 11.4 Å². The topological polar surface area (TPSA) is 123 Å². The molecule has 66 heavy (non-hydrogen) atoms. The fourth-order valence-electron chi connectivity index (χ4n) is 8.85. The second-order valence-electron chi connectivity index (χ2n) is 18.8. The number of nitrogens with one attached hydrogen (secondary N) is 4. The lowest BCUT2D eigenvalue weighted by molar-refractivity contribution is -0.121. The van der Waals surface area contributed by atoms with E-state index in [1.165, 1.54) is 55.8 Å². The van der Waals surface area contributed by atoms with Crippen LogP contribution in [0.2, 0.25) is 19.6 Å². The van der Waals surface area contributed by atoms with Gasteiger partial charge in [0.2, 0.25) is 11.8 Å². The average molecular weight is 965 g/mol. The Kier molecular flexibility index (Phi) is 19.2. The third-order valence-corrected chi connectivity index (χ3v) is 15.2. The summed E-state index contributed by atoms with van der Waals surface area (Å²) in [4.78, 5) is 25.9. The minimum absolute atomic E-state index is 0.115. The van der Waals surface area contributed by atoms with E-state index < -0.39 is 55.6 Å². The predicted molar refractivity (Wildman–Crippen MR) is 260 cm³/mol. The van der Waals surface area contributed by atoms with Gasteiger partial charge in [0, 0.05) is 70.7 Å². The molecule has 2 aliphatic rings. The van der Waals surface area contributed by atoms with Crippen LogP contribution in [0.4, 0.5) is 17.6 Å². The molecule has 4 aromatic rings. The molecule has 2 fully saturated rings. The Hall–Kier alpha value is -4.32. The fourth-order valence-corrected chi connectivity index (χ4v) is 11.5. The first-order valence-electron chi connectivity index (χ1n) is 22.8. The third-order valence-electron chi connectivity index (χ3n) is 12.1. The standard InChI is InChI=1S/C27H36F2N2O2SSi.C24H28F2N2O2S/c1-19(32)31-24(14-21-12-22(28)16-23(29)13-21)25(33)17-30-27(9-6-5-7-10-27)26-15-20(18-34-26)8-11-35(2,3)4;1-3-17-12-23(31-15-17)24(7-5-4-6-8-24)27-14-22(30)21(28-16(2)29)11-18-9-19(25)13-20(26)10-18/h12-13,15-16,18,24-25,30,33H,5-7,9-10,14,17H2,1-4H3,(H,31,32);1,9-10,12-13,15,21-22,27,30H,4-8,11,14H2,2H3,(H,28,29)/t24-,25+;21-,22+/m00/s1. The molecule has 0 aliphatic heterocycles. The van der Waals surface area contributed by atoms with E-state index in [-0.39, 0.29) is 48.8 Å². The zero-order valence-corrected chi connectivity index (χ0v) is 41.2. The van der Waals surface area contributed by atoms with Crippen molar-refractivity contribution in [2.45, 2.75) is 146 Å². The van der Waals surface area contributed by atoms with Gasteiger partial charge in [0.05, 0.1) is 35.4 Å². The van der Waals surface area contributed by atoms with Gasteiger partial charge in [-0.2, -0.15) is 0 Å². The minimum Gasteiger partial charge on any atom is -0.390 e. The number of rotatable bonds is 16. The molecule has 2 aromatic heterocycles. The van der Waals surface area contributed by atoms with Crippen molar-refractivity contribution in [2.75, 3.05) is 13.1 Å². The summed E-state index contributed by atoms with van der Waals surface area (Å²) in [5, 5.41) is 38.7. The Morgan fingerprint density at radius 2 is 1.03 bits per heavy atom. The van der Waals surface area contributed by atoms with Gasteiger partial charge >= 0.3 is 0 Å². The third kappa shape index (κ3) is 15.9. The molecule has 2 aromatic carbocycles. The molecule has 356 valence electrons. The van der Waals surface area contributed by atoms with Crippen LogP contribution in [-0.4, -0.2) is 67.5 Å². The van der Waals surface area contributed by atoms with Crippen LogP contribution in [-0.2, 0) is 33.5 Å². The van der Waals surface area contributed by atoms with Crippen molar-refractivity contribution in [1.29, 1.82) is 0 Å². The summed E-state index contributed by atoms with van der Waals surface area (Å²) in [6.07, 6.45) is 14.4. The first-order valence-corrected chi connectivity index (χ1v) is 28.0. The van der Waals surface area contributed by atoms with E-state index in [9.17, 15) is 37.4 Å². The first kappa shape index (κ1) is 52.6. The lowest BCUT2D eigenvalue weighted by atomic mass is 9.80. The van der Waals surface area contributed by atoms with Crippen LogP contribution in [0.25, 0.3) is 0 Å². The van der Waals surface area contributed by atoms with Crippen molar-refractivity contribution < 1.29 is 37.4 Å². The molecular formula is C51H64F4N4O4S2Si. The molecule has 2 amide bonds. The van der Waals surface area contributed by atoms with Crippen molar-refractivity contribution >= 4 is 42.6 Å². The quantitative estimate of drug-likeness (QED) is 0.0379. The van der Waals surface area contributed by atoms with Gasteiger partial charge in [0.25, 0.3) is 0 Å². The molecule has 6 rings (SSSR count). The zero-order chi connectivity index (χ0) is 48.1. The van der Waals surface area contributed by atoms with Crippen molar-refractivity contribution in [2.24, 2.45) is 0 Å². The number of aliphatic hydroxyl groups excluding tert-OH is 2. The normalized spacial score (nSPS) is 17.4. The lowest BCUT2D eigenvalue weighted by Gasteiger charge is -2.39. The molecule has 15 heteroatoms. The SMILES string of the molecule is C#Cc1csc(C2(NC[C@@H](O)[C@H](Cc3cc(F)cc(F)c3)NC(C)=O)CCCCC2)c1.CC(=O)N[C@@H](Cc1cc(F)cc(F)c1)[C@H](O)CNC1(c2cc(C#C[Si](C)(C)C)cs2)CCCCC1. The van der Waals surface area contributed by atoms with Gasteiger partial charge in [-0.15, -0.1) is 34.6 Å². The van der Waals surface area contributed by atoms with Gasteiger partial charge in [-0.05, 0) is 86.1 Å². The van der Waals surface area contributed by atoms with Crippen molar-refractivity contribution in [3.8, 4) is 23.8 Å². The van der Waals surface area contributed by atoms with E-state index in [4.69, 9.17) is 6.42 Å². The summed E-state index contributed by atoms with van der Waals surface area (Å²) >= 11 is 3.31. The largest absolute Gasteiger partial charge is 0.390 e. The Morgan fingerprint density at radius 3 is 1.38 bits per heavy atom. The van der Waals surface area contributed by atoms with Crippen LogP contribution in [0.3, 0.4) is 0 Å². The first-order chi connectivity index (χ1) is 31.3. The minimum atomic E-state index is -1.47. The Labute approximate surface area is 396 Å². The van der Waals surface area contributed by atoms with Crippen LogP contribution in [0.5, 0.6) is 0 Å². The van der Waals surface area contributed by atoms with E-state index in [2.05, 4.69) is 69.7 Å². The van der Waals surface area contributed by atoms with E-state index in [0.29, 0.717) is 11.1 Å². The summed E-state index contributed by atoms with van der Waals surface area (Å²) in [5.41, 5.74) is 5.53. The maximum absolute atomic E-state index is 13.7. The predicted octanol–water partition coefficient (Wildman–Crippen LogP) is 8.98. The number of carbonyl (C=O) groups excluding carboxylic acids is 2. The molecule has 0 unspecified atom stereocenters. The van der Waals surface area contributed by atoms with Crippen LogP contribution in [0.15, 0.2) is 59.3 Å². The molecule has 0 bridgehead atoms. The molecule has 4 atom stereocenters. The Balaban J connectivity index is 0.000000249. The Morgan fingerprint density at radius 1 is 0.652 bits per heavy atom. The molecule has 2 aliphatic carbocycles. The number of carbonyl (C=O) groups is 2. The smallest absolute Gasteiger partial charge is 0.217 e. The highest BCUT2D eigenvalue weighted by atomic mass is 32.1. The number of aliphatic hydroxyl groups is 2. The molecule has 8 nitrogen and oxygen atoms in total. The van der Waals surface area contributed by atoms with Gasteiger partial charge in [-0.1, -0.05) is 70.0 Å². The number of benzene rings is 2. The fraction of sp³-hybridized carbons (Fsp3) is 0.490. The summed E-state index contributed by atoms with van der Waals surface area (Å²) < 4.78 is 54.5. The monoisotopic (exact) mass is 964 g/mol. The van der Waals surface area contributed by atoms with Crippen LogP contribution < -0.4 is 21.3 Å². The maximum atomic E-state index is 13.7. The van der Waals surface area contributed by atoms with Crippen molar-refractivity contribution in [1.82, 2.24) is 21.3 Å². The van der Waals surface area contributed by atoms with E-state index in [0.717, 1.165) is 79.5 Å². The van der Waals surface area contributed by atoms with Crippen LogP contribution >= 0.6 is 22.7 Å².